The number of fused-ring (bicyclic) bond motifs is 1. The summed E-state index contributed by atoms with van der Waals surface area (Å²) in [6.45, 7) is 2.77. The predicted octanol–water partition coefficient (Wildman–Crippen LogP) is 2.86. The number of unbranched alkanes of at least 4 members (excludes halogenated alkanes) is 2. The molecule has 1 aliphatic heterocycles. The quantitative estimate of drug-likeness (QED) is 0.807. The van der Waals surface area contributed by atoms with Crippen molar-refractivity contribution in [1.82, 2.24) is 0 Å². The van der Waals surface area contributed by atoms with Crippen molar-refractivity contribution in [2.75, 3.05) is 11.9 Å². The van der Waals surface area contributed by atoms with E-state index in [2.05, 4.69) is 12.2 Å². The highest BCUT2D eigenvalue weighted by Gasteiger charge is 2.28. The number of ether oxygens (including phenoxy) is 1. The summed E-state index contributed by atoms with van der Waals surface area (Å²) in [7, 11) is 0. The largest absolute Gasteiger partial charge is 0.492 e. The molecule has 0 fully saturated rings. The van der Waals surface area contributed by atoms with E-state index in [0.717, 1.165) is 24.8 Å². The number of amides is 1. The van der Waals surface area contributed by atoms with Gasteiger partial charge in [-0.1, -0.05) is 31.4 Å². The number of nitrogens with one attached hydrogen (secondary N) is 1. The maximum Gasteiger partial charge on any atom is 0.245 e. The van der Waals surface area contributed by atoms with Gasteiger partial charge in [0.25, 0.3) is 0 Å². The highest BCUT2D eigenvalue weighted by atomic mass is 35.5. The van der Waals surface area contributed by atoms with Crippen LogP contribution >= 0.6 is 11.6 Å². The van der Waals surface area contributed by atoms with E-state index in [0.29, 0.717) is 23.1 Å². The van der Waals surface area contributed by atoms with E-state index >= 15 is 0 Å². The van der Waals surface area contributed by atoms with Crippen molar-refractivity contribution in [2.45, 2.75) is 32.2 Å². The number of hydrogen-bond acceptors (Lipinski definition) is 3. The van der Waals surface area contributed by atoms with Gasteiger partial charge < -0.3 is 15.8 Å². The Labute approximate surface area is 111 Å². The van der Waals surface area contributed by atoms with E-state index in [4.69, 9.17) is 22.1 Å². The van der Waals surface area contributed by atoms with Gasteiger partial charge in [0, 0.05) is 17.3 Å². The highest BCUT2D eigenvalue weighted by molar-refractivity contribution is 6.32. The number of carbonyl (C=O) groups is 1. The van der Waals surface area contributed by atoms with Crippen LogP contribution in [0, 0.1) is 0 Å². The molecule has 98 valence electrons. The SMILES string of the molecule is CCCCCOc1cc2c(cc1Cl)C(N)C(=O)N2. The monoisotopic (exact) mass is 268 g/mol. The van der Waals surface area contributed by atoms with Crippen LogP contribution in [-0.4, -0.2) is 12.5 Å². The lowest BCUT2D eigenvalue weighted by Crippen LogP contribution is -2.19. The third-order valence-corrected chi connectivity index (χ3v) is 3.28. The number of anilines is 1. The first-order valence-electron chi connectivity index (χ1n) is 6.16. The molecule has 0 bridgehead atoms. The number of rotatable bonds is 5. The van der Waals surface area contributed by atoms with Crippen LogP contribution in [0.25, 0.3) is 0 Å². The number of carbonyl (C=O) groups excluding carboxylic acids is 1. The van der Waals surface area contributed by atoms with Crippen molar-refractivity contribution < 1.29 is 9.53 Å². The van der Waals surface area contributed by atoms with Crippen molar-refractivity contribution in [3.63, 3.8) is 0 Å². The van der Waals surface area contributed by atoms with Crippen molar-refractivity contribution in [3.05, 3.63) is 22.7 Å². The van der Waals surface area contributed by atoms with Gasteiger partial charge >= 0.3 is 0 Å². The van der Waals surface area contributed by atoms with Gasteiger partial charge in [-0.25, -0.2) is 0 Å². The normalized spacial score (nSPS) is 17.5. The molecule has 0 saturated heterocycles. The summed E-state index contributed by atoms with van der Waals surface area (Å²) < 4.78 is 5.61. The van der Waals surface area contributed by atoms with E-state index < -0.39 is 6.04 Å². The molecule has 1 aromatic carbocycles. The summed E-state index contributed by atoms with van der Waals surface area (Å²) in [4.78, 5) is 11.4. The molecule has 1 heterocycles. The van der Waals surface area contributed by atoms with Crippen LogP contribution in [0.1, 0.15) is 37.8 Å². The zero-order valence-electron chi connectivity index (χ0n) is 10.3. The van der Waals surface area contributed by atoms with E-state index in [1.54, 1.807) is 12.1 Å². The van der Waals surface area contributed by atoms with Crippen LogP contribution in [0.15, 0.2) is 12.1 Å². The van der Waals surface area contributed by atoms with Crippen LogP contribution in [0.4, 0.5) is 5.69 Å². The van der Waals surface area contributed by atoms with Gasteiger partial charge in [-0.2, -0.15) is 0 Å². The molecule has 1 amide bonds. The number of halogens is 1. The molecular weight excluding hydrogens is 252 g/mol. The minimum atomic E-state index is -0.633. The summed E-state index contributed by atoms with van der Waals surface area (Å²) in [5.74, 6) is 0.394. The standard InChI is InChI=1S/C13H17ClN2O2/c1-2-3-4-5-18-11-7-10-8(6-9(11)14)12(15)13(17)16-10/h6-7,12H,2-5,15H2,1H3,(H,16,17). The van der Waals surface area contributed by atoms with Crippen molar-refractivity contribution in [2.24, 2.45) is 5.73 Å². The third-order valence-electron chi connectivity index (χ3n) is 2.98. The van der Waals surface area contributed by atoms with Gasteiger partial charge in [0.1, 0.15) is 11.8 Å². The first-order valence-corrected chi connectivity index (χ1v) is 6.54. The Morgan fingerprint density at radius 3 is 2.94 bits per heavy atom. The summed E-state index contributed by atoms with van der Waals surface area (Å²) >= 11 is 6.11. The molecular formula is C13H17ClN2O2. The summed E-state index contributed by atoms with van der Waals surface area (Å²) in [5, 5.41) is 3.21. The topological polar surface area (TPSA) is 64.3 Å². The Bertz CT molecular complexity index is 463. The molecule has 5 heteroatoms. The second-order valence-electron chi connectivity index (χ2n) is 4.39. The van der Waals surface area contributed by atoms with Gasteiger partial charge in [0.2, 0.25) is 5.91 Å². The second kappa shape index (κ2) is 5.59. The third kappa shape index (κ3) is 2.60. The molecule has 1 atom stereocenters. The fourth-order valence-electron chi connectivity index (χ4n) is 1.93. The lowest BCUT2D eigenvalue weighted by atomic mass is 10.1. The minimum Gasteiger partial charge on any atom is -0.492 e. The summed E-state index contributed by atoms with van der Waals surface area (Å²) in [6, 6.07) is 2.81. The van der Waals surface area contributed by atoms with Crippen LogP contribution in [0.5, 0.6) is 5.75 Å². The molecule has 0 spiro atoms. The van der Waals surface area contributed by atoms with Gasteiger partial charge in [-0.05, 0) is 12.5 Å². The Morgan fingerprint density at radius 1 is 1.44 bits per heavy atom. The van der Waals surface area contributed by atoms with Crippen LogP contribution in [-0.2, 0) is 4.79 Å². The number of benzene rings is 1. The minimum absolute atomic E-state index is 0.204. The van der Waals surface area contributed by atoms with E-state index in [9.17, 15) is 4.79 Å². The van der Waals surface area contributed by atoms with E-state index in [1.807, 2.05) is 0 Å². The maximum absolute atomic E-state index is 11.4. The number of nitrogens with two attached hydrogens (primary N) is 1. The average Bonchev–Trinajstić information content (AvgIpc) is 2.61. The Morgan fingerprint density at radius 2 is 2.22 bits per heavy atom. The van der Waals surface area contributed by atoms with Gasteiger partial charge in [0.05, 0.1) is 11.6 Å². The van der Waals surface area contributed by atoms with Gasteiger partial charge in [-0.3, -0.25) is 4.79 Å². The molecule has 1 aliphatic rings. The zero-order valence-corrected chi connectivity index (χ0v) is 11.1. The van der Waals surface area contributed by atoms with E-state index in [1.165, 1.54) is 0 Å². The molecule has 0 radical (unpaired) electrons. The molecule has 0 saturated carbocycles. The molecule has 0 aliphatic carbocycles. The predicted molar refractivity (Wildman–Crippen MR) is 72.0 cm³/mol. The maximum atomic E-state index is 11.4. The first-order chi connectivity index (χ1) is 8.63. The summed E-state index contributed by atoms with van der Waals surface area (Å²) in [6.07, 6.45) is 3.27. The molecule has 18 heavy (non-hydrogen) atoms. The molecule has 1 unspecified atom stereocenters. The van der Waals surface area contributed by atoms with Gasteiger partial charge in [0.15, 0.2) is 0 Å². The smallest absolute Gasteiger partial charge is 0.245 e. The lowest BCUT2D eigenvalue weighted by molar-refractivity contribution is -0.116. The zero-order chi connectivity index (χ0) is 13.1. The molecule has 0 aromatic heterocycles. The highest BCUT2D eigenvalue weighted by Crippen LogP contribution is 2.37. The fraction of sp³-hybridized carbons (Fsp3) is 0.462. The second-order valence-corrected chi connectivity index (χ2v) is 4.80. The van der Waals surface area contributed by atoms with Crippen molar-refractivity contribution >= 4 is 23.2 Å². The average molecular weight is 269 g/mol. The van der Waals surface area contributed by atoms with Gasteiger partial charge in [-0.15, -0.1) is 0 Å². The van der Waals surface area contributed by atoms with Crippen molar-refractivity contribution in [3.8, 4) is 5.75 Å². The molecule has 2 rings (SSSR count). The lowest BCUT2D eigenvalue weighted by Gasteiger charge is -2.10. The van der Waals surface area contributed by atoms with Crippen molar-refractivity contribution in [1.29, 1.82) is 0 Å². The number of hydrogen-bond donors (Lipinski definition) is 2. The van der Waals surface area contributed by atoms with Crippen LogP contribution < -0.4 is 15.8 Å². The Kier molecular flexibility index (Phi) is 4.09. The molecule has 4 nitrogen and oxygen atoms in total. The van der Waals surface area contributed by atoms with Crippen LogP contribution in [0.2, 0.25) is 5.02 Å². The van der Waals surface area contributed by atoms with Crippen LogP contribution in [0.3, 0.4) is 0 Å². The molecule has 3 N–H and O–H groups in total. The Hall–Kier alpha value is -1.26. The van der Waals surface area contributed by atoms with E-state index in [-0.39, 0.29) is 5.91 Å². The Balaban J connectivity index is 2.10. The first kappa shape index (κ1) is 13.2. The summed E-state index contributed by atoms with van der Waals surface area (Å²) in [5.41, 5.74) is 7.16. The fourth-order valence-corrected chi connectivity index (χ4v) is 2.16. The molecule has 1 aromatic rings.